The van der Waals surface area contributed by atoms with Crippen LogP contribution in [0.5, 0.6) is 0 Å². The molecule has 6 nitrogen and oxygen atoms in total. The van der Waals surface area contributed by atoms with Crippen molar-refractivity contribution >= 4 is 55.3 Å². The Hall–Kier alpha value is -1.78. The number of thiophene rings is 1. The van der Waals surface area contributed by atoms with Crippen LogP contribution in [-0.2, 0) is 14.8 Å². The van der Waals surface area contributed by atoms with Crippen LogP contribution in [0.3, 0.4) is 0 Å². The van der Waals surface area contributed by atoms with Gasteiger partial charge >= 0.3 is 0 Å². The minimum atomic E-state index is -3.65. The molecule has 0 aliphatic carbocycles. The van der Waals surface area contributed by atoms with E-state index in [4.69, 9.17) is 11.6 Å². The molecule has 1 saturated heterocycles. The number of sulfonamides is 1. The lowest BCUT2D eigenvalue weighted by atomic mass is 9.99. The second-order valence-electron chi connectivity index (χ2n) is 7.61. The zero-order valence-corrected chi connectivity index (χ0v) is 20.3. The SMILES string of the molecule is Cc1ccc(-c2csc(NC(=O)C3CCCN(S(=O)(=O)c4ccc(Cl)s4)C3)n2)c(C)c1. The molecule has 31 heavy (non-hydrogen) atoms. The highest BCUT2D eigenvalue weighted by Gasteiger charge is 2.34. The van der Waals surface area contributed by atoms with Crippen LogP contribution in [-0.4, -0.2) is 36.7 Å². The number of aromatic nitrogens is 1. The lowest BCUT2D eigenvalue weighted by molar-refractivity contribution is -0.120. The van der Waals surface area contributed by atoms with Gasteiger partial charge in [-0.3, -0.25) is 4.79 Å². The number of hydrogen-bond acceptors (Lipinski definition) is 6. The third-order valence-corrected chi connectivity index (χ3v) is 9.61. The van der Waals surface area contributed by atoms with Gasteiger partial charge in [-0.15, -0.1) is 22.7 Å². The van der Waals surface area contributed by atoms with Gasteiger partial charge in [0.15, 0.2) is 5.13 Å². The molecule has 164 valence electrons. The van der Waals surface area contributed by atoms with E-state index >= 15 is 0 Å². The first-order valence-electron chi connectivity index (χ1n) is 9.83. The average molecular weight is 496 g/mol. The number of halogens is 1. The Bertz CT molecular complexity index is 1220. The molecule has 1 amide bonds. The van der Waals surface area contributed by atoms with Crippen LogP contribution in [0.4, 0.5) is 5.13 Å². The van der Waals surface area contributed by atoms with Gasteiger partial charge in [0.25, 0.3) is 10.0 Å². The summed E-state index contributed by atoms with van der Waals surface area (Å²) in [7, 11) is -3.65. The summed E-state index contributed by atoms with van der Waals surface area (Å²) in [5.74, 6) is -0.627. The standard InChI is InChI=1S/C21H22ClN3O3S3/c1-13-5-6-16(14(2)10-13)17-12-29-21(23-17)24-20(26)15-4-3-9-25(11-15)31(27,28)19-8-7-18(22)30-19/h5-8,10,12,15H,3-4,9,11H2,1-2H3,(H,23,24,26). The quantitative estimate of drug-likeness (QED) is 0.528. The number of piperidine rings is 1. The second kappa shape index (κ2) is 8.99. The normalized spacial score (nSPS) is 17.6. The molecule has 4 rings (SSSR count). The summed E-state index contributed by atoms with van der Waals surface area (Å²) >= 11 is 8.30. The van der Waals surface area contributed by atoms with Gasteiger partial charge in [-0.2, -0.15) is 4.31 Å². The van der Waals surface area contributed by atoms with Crippen LogP contribution in [0, 0.1) is 19.8 Å². The Kier molecular flexibility index (Phi) is 6.50. The maximum Gasteiger partial charge on any atom is 0.252 e. The number of amides is 1. The van der Waals surface area contributed by atoms with Gasteiger partial charge in [0, 0.05) is 24.0 Å². The molecule has 10 heteroatoms. The number of thiazole rings is 1. The van der Waals surface area contributed by atoms with E-state index in [0.29, 0.717) is 28.9 Å². The van der Waals surface area contributed by atoms with Crippen LogP contribution in [0.25, 0.3) is 11.3 Å². The Labute approximate surface area is 194 Å². The summed E-state index contributed by atoms with van der Waals surface area (Å²) in [4.78, 5) is 17.4. The molecule has 1 aliphatic heterocycles. The Balaban J connectivity index is 1.45. The molecule has 1 aliphatic rings. The topological polar surface area (TPSA) is 79.4 Å². The predicted molar refractivity (Wildman–Crippen MR) is 126 cm³/mol. The van der Waals surface area contributed by atoms with Crippen molar-refractivity contribution in [2.75, 3.05) is 18.4 Å². The largest absolute Gasteiger partial charge is 0.302 e. The smallest absolute Gasteiger partial charge is 0.252 e. The first-order chi connectivity index (χ1) is 14.7. The van der Waals surface area contributed by atoms with Crippen LogP contribution < -0.4 is 5.32 Å². The molecule has 1 unspecified atom stereocenters. The molecular weight excluding hydrogens is 474 g/mol. The molecular formula is C21H22ClN3O3S3. The van der Waals surface area contributed by atoms with E-state index in [1.54, 1.807) is 6.07 Å². The van der Waals surface area contributed by atoms with Gasteiger partial charge in [-0.05, 0) is 44.4 Å². The highest BCUT2D eigenvalue weighted by atomic mass is 35.5. The summed E-state index contributed by atoms with van der Waals surface area (Å²) in [5.41, 5.74) is 4.17. The van der Waals surface area contributed by atoms with Gasteiger partial charge in [0.2, 0.25) is 5.91 Å². The number of hydrogen-bond donors (Lipinski definition) is 1. The minimum absolute atomic E-state index is 0.152. The Morgan fingerprint density at radius 1 is 1.26 bits per heavy atom. The summed E-state index contributed by atoms with van der Waals surface area (Å²) in [6.45, 7) is 4.64. The Morgan fingerprint density at radius 3 is 2.77 bits per heavy atom. The van der Waals surface area contributed by atoms with E-state index in [9.17, 15) is 13.2 Å². The minimum Gasteiger partial charge on any atom is -0.302 e. The number of nitrogens with one attached hydrogen (secondary N) is 1. The van der Waals surface area contributed by atoms with Crippen molar-refractivity contribution in [2.24, 2.45) is 5.92 Å². The number of nitrogens with zero attached hydrogens (tertiary/aromatic N) is 2. The molecule has 0 spiro atoms. The predicted octanol–water partition coefficient (Wildman–Crippen LogP) is 5.18. The van der Waals surface area contributed by atoms with Gasteiger partial charge < -0.3 is 5.32 Å². The highest BCUT2D eigenvalue weighted by Crippen LogP contribution is 2.32. The molecule has 1 fully saturated rings. The van der Waals surface area contributed by atoms with E-state index < -0.39 is 15.9 Å². The summed E-state index contributed by atoms with van der Waals surface area (Å²) < 4.78 is 27.8. The van der Waals surface area contributed by atoms with Crippen LogP contribution in [0.15, 0.2) is 39.9 Å². The molecule has 1 atom stereocenters. The van der Waals surface area contributed by atoms with Crippen molar-refractivity contribution in [3.05, 3.63) is 51.2 Å². The molecule has 3 heterocycles. The molecule has 1 aromatic carbocycles. The van der Waals surface area contributed by atoms with Crippen molar-refractivity contribution in [3.8, 4) is 11.3 Å². The fourth-order valence-corrected chi connectivity index (χ4v) is 7.58. The first kappa shape index (κ1) is 22.4. The average Bonchev–Trinajstić information content (AvgIpc) is 3.37. The number of benzene rings is 1. The van der Waals surface area contributed by atoms with Crippen molar-refractivity contribution in [1.82, 2.24) is 9.29 Å². The lowest BCUT2D eigenvalue weighted by Crippen LogP contribution is -2.43. The van der Waals surface area contributed by atoms with Crippen LogP contribution >= 0.6 is 34.3 Å². The van der Waals surface area contributed by atoms with E-state index in [2.05, 4.69) is 16.4 Å². The molecule has 3 aromatic rings. The third-order valence-electron chi connectivity index (χ3n) is 5.29. The van der Waals surface area contributed by atoms with Gasteiger partial charge in [-0.25, -0.2) is 13.4 Å². The van der Waals surface area contributed by atoms with Gasteiger partial charge in [0.1, 0.15) is 4.21 Å². The molecule has 2 aromatic heterocycles. The number of aryl methyl sites for hydroxylation is 2. The number of carbonyl (C=O) groups excluding carboxylic acids is 1. The summed E-state index contributed by atoms with van der Waals surface area (Å²) in [6, 6.07) is 9.26. The third kappa shape index (κ3) is 4.85. The van der Waals surface area contributed by atoms with Crippen molar-refractivity contribution < 1.29 is 13.2 Å². The fourth-order valence-electron chi connectivity index (χ4n) is 3.70. The lowest BCUT2D eigenvalue weighted by Gasteiger charge is -2.30. The maximum atomic E-state index is 12.9. The van der Waals surface area contributed by atoms with Crippen molar-refractivity contribution in [3.63, 3.8) is 0 Å². The van der Waals surface area contributed by atoms with Gasteiger partial charge in [0.05, 0.1) is 15.9 Å². The van der Waals surface area contributed by atoms with E-state index in [-0.39, 0.29) is 16.7 Å². The molecule has 1 N–H and O–H groups in total. The zero-order chi connectivity index (χ0) is 22.2. The highest BCUT2D eigenvalue weighted by molar-refractivity contribution is 7.91. The van der Waals surface area contributed by atoms with Crippen molar-refractivity contribution in [1.29, 1.82) is 0 Å². The maximum absolute atomic E-state index is 12.9. The van der Waals surface area contributed by atoms with Gasteiger partial charge in [-0.1, -0.05) is 35.4 Å². The van der Waals surface area contributed by atoms with Crippen molar-refractivity contribution in [2.45, 2.75) is 30.9 Å². The molecule has 0 radical (unpaired) electrons. The van der Waals surface area contributed by atoms with Crippen LogP contribution in [0.1, 0.15) is 24.0 Å². The number of rotatable bonds is 5. The first-order valence-corrected chi connectivity index (χ1v) is 13.3. The van der Waals surface area contributed by atoms with Crippen LogP contribution in [0.2, 0.25) is 4.34 Å². The number of carbonyl (C=O) groups is 1. The number of anilines is 1. The zero-order valence-electron chi connectivity index (χ0n) is 17.1. The van der Waals surface area contributed by atoms with E-state index in [0.717, 1.165) is 28.2 Å². The fraction of sp³-hybridized carbons (Fsp3) is 0.333. The van der Waals surface area contributed by atoms with E-state index in [1.165, 1.54) is 27.3 Å². The summed E-state index contributed by atoms with van der Waals surface area (Å²) in [5, 5.41) is 5.32. The van der Waals surface area contributed by atoms with E-state index in [1.807, 2.05) is 31.4 Å². The molecule has 0 saturated carbocycles. The monoisotopic (exact) mass is 495 g/mol. The molecule has 0 bridgehead atoms. The Morgan fingerprint density at radius 2 is 2.06 bits per heavy atom. The summed E-state index contributed by atoms with van der Waals surface area (Å²) in [6.07, 6.45) is 1.26. The second-order valence-corrected chi connectivity index (χ2v) is 12.3.